The van der Waals surface area contributed by atoms with E-state index < -0.39 is 0 Å². The molecule has 1 aromatic carbocycles. The fraction of sp³-hybridized carbons (Fsp3) is 0.700. The highest BCUT2D eigenvalue weighted by Crippen LogP contribution is 2.28. The lowest BCUT2D eigenvalue weighted by Gasteiger charge is -1.99. The van der Waals surface area contributed by atoms with Crippen molar-refractivity contribution in [2.45, 2.75) is 76.9 Å². The van der Waals surface area contributed by atoms with Gasteiger partial charge in [-0.25, -0.2) is 0 Å². The fourth-order valence-corrected chi connectivity index (χ4v) is 2.65. The molecule has 0 bridgehead atoms. The number of benzene rings is 1. The maximum absolute atomic E-state index is 5.17. The SMILES string of the molecule is CCCCCCCCCCC1CO1.c1ccc(C2CO2)cc1. The molecule has 0 N–H and O–H groups in total. The first-order valence-electron chi connectivity index (χ1n) is 9.18. The molecule has 0 radical (unpaired) electrons. The number of hydrogen-bond acceptors (Lipinski definition) is 2. The second kappa shape index (κ2) is 10.8. The summed E-state index contributed by atoms with van der Waals surface area (Å²) in [6, 6.07) is 10.3. The van der Waals surface area contributed by atoms with Crippen LogP contribution in [-0.4, -0.2) is 19.3 Å². The molecule has 0 amide bonds. The Kier molecular flexibility index (Phi) is 8.59. The Bertz CT molecular complexity index is 369. The second-order valence-corrected chi connectivity index (χ2v) is 6.45. The van der Waals surface area contributed by atoms with Crippen LogP contribution in [0.15, 0.2) is 30.3 Å². The van der Waals surface area contributed by atoms with E-state index >= 15 is 0 Å². The molecule has 2 saturated heterocycles. The van der Waals surface area contributed by atoms with E-state index in [1.54, 1.807) is 0 Å². The summed E-state index contributed by atoms with van der Waals surface area (Å²) >= 11 is 0. The summed E-state index contributed by atoms with van der Waals surface area (Å²) in [6.45, 7) is 4.22. The molecule has 2 atom stereocenters. The third kappa shape index (κ3) is 8.55. The van der Waals surface area contributed by atoms with Crippen molar-refractivity contribution in [3.63, 3.8) is 0 Å². The average molecular weight is 304 g/mol. The fourth-order valence-electron chi connectivity index (χ4n) is 2.65. The summed E-state index contributed by atoms with van der Waals surface area (Å²) in [4.78, 5) is 0. The zero-order valence-electron chi connectivity index (χ0n) is 14.1. The van der Waals surface area contributed by atoms with Crippen LogP contribution in [0.1, 0.15) is 76.4 Å². The molecular formula is C20H32O2. The Morgan fingerprint density at radius 3 is 1.95 bits per heavy atom. The minimum absolute atomic E-state index is 0.409. The minimum Gasteiger partial charge on any atom is -0.373 e. The normalized spacial score (nSPS) is 21.9. The van der Waals surface area contributed by atoms with Gasteiger partial charge in [-0.15, -0.1) is 0 Å². The first kappa shape index (κ1) is 17.5. The van der Waals surface area contributed by atoms with Gasteiger partial charge in [0.05, 0.1) is 19.3 Å². The van der Waals surface area contributed by atoms with Crippen LogP contribution in [0, 0.1) is 0 Å². The lowest BCUT2D eigenvalue weighted by Crippen LogP contribution is -1.85. The molecule has 2 aliphatic rings. The number of unbranched alkanes of at least 4 members (excludes halogenated alkanes) is 7. The van der Waals surface area contributed by atoms with Crippen molar-refractivity contribution in [1.82, 2.24) is 0 Å². The van der Waals surface area contributed by atoms with Crippen LogP contribution < -0.4 is 0 Å². The molecule has 2 heterocycles. The van der Waals surface area contributed by atoms with Gasteiger partial charge in [-0.2, -0.15) is 0 Å². The number of rotatable bonds is 10. The van der Waals surface area contributed by atoms with E-state index in [0.29, 0.717) is 12.2 Å². The third-order valence-corrected chi connectivity index (χ3v) is 4.29. The highest BCUT2D eigenvalue weighted by molar-refractivity contribution is 5.19. The van der Waals surface area contributed by atoms with E-state index in [0.717, 1.165) is 13.2 Å². The Balaban J connectivity index is 0.000000170. The predicted octanol–water partition coefficient (Wildman–Crippen LogP) is 5.67. The average Bonchev–Trinajstić information content (AvgIpc) is 3.45. The van der Waals surface area contributed by atoms with Gasteiger partial charge in [0.25, 0.3) is 0 Å². The van der Waals surface area contributed by atoms with E-state index in [1.165, 1.54) is 63.4 Å². The monoisotopic (exact) mass is 304 g/mol. The topological polar surface area (TPSA) is 25.1 Å². The Labute approximate surface area is 136 Å². The summed E-state index contributed by atoms with van der Waals surface area (Å²) in [6.07, 6.45) is 13.8. The van der Waals surface area contributed by atoms with Crippen molar-refractivity contribution in [3.8, 4) is 0 Å². The molecule has 2 aliphatic heterocycles. The van der Waals surface area contributed by atoms with Crippen molar-refractivity contribution in [1.29, 1.82) is 0 Å². The summed E-state index contributed by atoms with van der Waals surface area (Å²) in [5.74, 6) is 0. The van der Waals surface area contributed by atoms with E-state index in [1.807, 2.05) is 18.2 Å². The molecule has 0 aromatic heterocycles. The summed E-state index contributed by atoms with van der Waals surface area (Å²) in [5, 5.41) is 0. The molecule has 0 aliphatic carbocycles. The van der Waals surface area contributed by atoms with Gasteiger partial charge < -0.3 is 9.47 Å². The highest BCUT2D eigenvalue weighted by Gasteiger charge is 2.23. The molecule has 2 unspecified atom stereocenters. The minimum atomic E-state index is 0.409. The first-order chi connectivity index (χ1) is 10.9. The maximum atomic E-state index is 5.17. The summed E-state index contributed by atoms with van der Waals surface area (Å²) in [7, 11) is 0. The molecule has 2 nitrogen and oxygen atoms in total. The van der Waals surface area contributed by atoms with Crippen LogP contribution in [0.4, 0.5) is 0 Å². The standard InChI is InChI=1S/C12H24O.C8H8O/c1-2-3-4-5-6-7-8-9-10-12-11-13-12;1-2-4-7(5-3-1)8-6-9-8/h12H,2-11H2,1H3;1-5,8H,6H2. The quantitative estimate of drug-likeness (QED) is 0.411. The van der Waals surface area contributed by atoms with E-state index in [-0.39, 0.29) is 0 Å². The van der Waals surface area contributed by atoms with Gasteiger partial charge in [-0.1, -0.05) is 88.6 Å². The Morgan fingerprint density at radius 1 is 0.818 bits per heavy atom. The maximum Gasteiger partial charge on any atom is 0.106 e. The molecule has 2 fully saturated rings. The Hall–Kier alpha value is -0.860. The van der Waals surface area contributed by atoms with Gasteiger partial charge in [0.1, 0.15) is 6.10 Å². The molecule has 1 aromatic rings. The smallest absolute Gasteiger partial charge is 0.106 e. The molecule has 0 saturated carbocycles. The predicted molar refractivity (Wildman–Crippen MR) is 92.1 cm³/mol. The molecular weight excluding hydrogens is 272 g/mol. The van der Waals surface area contributed by atoms with E-state index in [4.69, 9.17) is 9.47 Å². The zero-order valence-corrected chi connectivity index (χ0v) is 14.1. The van der Waals surface area contributed by atoms with Crippen LogP contribution in [0.3, 0.4) is 0 Å². The second-order valence-electron chi connectivity index (χ2n) is 6.45. The van der Waals surface area contributed by atoms with E-state index in [9.17, 15) is 0 Å². The zero-order chi connectivity index (χ0) is 15.5. The molecule has 22 heavy (non-hydrogen) atoms. The van der Waals surface area contributed by atoms with Crippen LogP contribution in [0.25, 0.3) is 0 Å². The number of hydrogen-bond donors (Lipinski definition) is 0. The van der Waals surface area contributed by atoms with Gasteiger partial charge in [0.2, 0.25) is 0 Å². The van der Waals surface area contributed by atoms with Gasteiger partial charge in [0.15, 0.2) is 0 Å². The summed E-state index contributed by atoms with van der Waals surface area (Å²) in [5.41, 5.74) is 1.30. The lowest BCUT2D eigenvalue weighted by atomic mass is 10.1. The van der Waals surface area contributed by atoms with Crippen LogP contribution in [-0.2, 0) is 9.47 Å². The van der Waals surface area contributed by atoms with Gasteiger partial charge >= 0.3 is 0 Å². The molecule has 124 valence electrons. The van der Waals surface area contributed by atoms with Gasteiger partial charge in [0, 0.05) is 0 Å². The lowest BCUT2D eigenvalue weighted by molar-refractivity contribution is 0.387. The molecule has 3 rings (SSSR count). The number of epoxide rings is 2. The third-order valence-electron chi connectivity index (χ3n) is 4.29. The van der Waals surface area contributed by atoms with Crippen LogP contribution in [0.5, 0.6) is 0 Å². The largest absolute Gasteiger partial charge is 0.373 e. The molecule has 0 spiro atoms. The van der Waals surface area contributed by atoms with Gasteiger partial charge in [-0.05, 0) is 12.0 Å². The van der Waals surface area contributed by atoms with Crippen LogP contribution >= 0.6 is 0 Å². The van der Waals surface area contributed by atoms with E-state index in [2.05, 4.69) is 19.1 Å². The highest BCUT2D eigenvalue weighted by atomic mass is 16.6. The van der Waals surface area contributed by atoms with Crippen LogP contribution in [0.2, 0.25) is 0 Å². The van der Waals surface area contributed by atoms with Crippen molar-refractivity contribution >= 4 is 0 Å². The number of ether oxygens (including phenoxy) is 2. The van der Waals surface area contributed by atoms with Crippen molar-refractivity contribution in [2.75, 3.05) is 13.2 Å². The van der Waals surface area contributed by atoms with Crippen molar-refractivity contribution in [2.24, 2.45) is 0 Å². The first-order valence-corrected chi connectivity index (χ1v) is 9.18. The van der Waals surface area contributed by atoms with Crippen molar-refractivity contribution in [3.05, 3.63) is 35.9 Å². The van der Waals surface area contributed by atoms with Crippen molar-refractivity contribution < 1.29 is 9.47 Å². The van der Waals surface area contributed by atoms with Gasteiger partial charge in [-0.3, -0.25) is 0 Å². The Morgan fingerprint density at radius 2 is 1.41 bits per heavy atom. The summed E-state index contributed by atoms with van der Waals surface area (Å²) < 4.78 is 10.3. The molecule has 2 heteroatoms.